The van der Waals surface area contributed by atoms with Crippen molar-refractivity contribution >= 4 is 17.1 Å². The van der Waals surface area contributed by atoms with E-state index in [4.69, 9.17) is 9.47 Å². The molecule has 35 heavy (non-hydrogen) atoms. The maximum atomic E-state index is 13.6. The van der Waals surface area contributed by atoms with E-state index in [1.165, 1.54) is 19.2 Å². The van der Waals surface area contributed by atoms with E-state index in [-0.39, 0.29) is 5.54 Å². The fraction of sp³-hybridized carbons (Fsp3) is 0.286. The second-order valence-corrected chi connectivity index (χ2v) is 9.82. The first-order valence-electron chi connectivity index (χ1n) is 11.4. The summed E-state index contributed by atoms with van der Waals surface area (Å²) in [5, 5.41) is 3.58. The molecule has 0 spiro atoms. The van der Waals surface area contributed by atoms with E-state index in [9.17, 15) is 13.2 Å². The molecule has 0 aliphatic carbocycles. The van der Waals surface area contributed by atoms with Crippen LogP contribution in [0.4, 0.5) is 24.5 Å². The summed E-state index contributed by atoms with van der Waals surface area (Å²) < 4.78 is 52.5. The van der Waals surface area contributed by atoms with Gasteiger partial charge in [0.25, 0.3) is 0 Å². The molecule has 0 radical (unpaired) electrons. The average Bonchev–Trinajstić information content (AvgIpc) is 3.11. The van der Waals surface area contributed by atoms with E-state index in [1.807, 2.05) is 36.4 Å². The Balaban J connectivity index is 1.79. The topological polar surface area (TPSA) is 30.5 Å². The summed E-state index contributed by atoms with van der Waals surface area (Å²) in [7, 11) is 5.26. The molecule has 1 N–H and O–H groups in total. The minimum Gasteiger partial charge on any atom is -0.496 e. The predicted molar refractivity (Wildman–Crippen MR) is 134 cm³/mol. The van der Waals surface area contributed by atoms with Crippen LogP contribution >= 0.6 is 0 Å². The van der Waals surface area contributed by atoms with E-state index in [0.29, 0.717) is 22.3 Å². The number of anilines is 1. The van der Waals surface area contributed by atoms with E-state index < -0.39 is 11.7 Å². The number of benzene rings is 3. The van der Waals surface area contributed by atoms with Crippen molar-refractivity contribution in [3.8, 4) is 22.6 Å². The van der Waals surface area contributed by atoms with Crippen LogP contribution < -0.4 is 19.3 Å². The fourth-order valence-electron chi connectivity index (χ4n) is 5.40. The molecule has 5 rings (SSSR count). The first-order chi connectivity index (χ1) is 16.5. The summed E-state index contributed by atoms with van der Waals surface area (Å²) in [6, 6.07) is 15.4. The van der Waals surface area contributed by atoms with Crippen LogP contribution in [0.15, 0.2) is 60.7 Å². The van der Waals surface area contributed by atoms with Gasteiger partial charge >= 0.3 is 6.18 Å². The van der Waals surface area contributed by atoms with Crippen LogP contribution in [0.2, 0.25) is 0 Å². The van der Waals surface area contributed by atoms with Gasteiger partial charge in [0.2, 0.25) is 0 Å². The molecule has 3 aromatic carbocycles. The Kier molecular flexibility index (Phi) is 5.18. The number of quaternary nitrogens is 1. The molecule has 0 aromatic heterocycles. The lowest BCUT2D eigenvalue weighted by Gasteiger charge is -2.36. The Morgan fingerprint density at radius 1 is 0.914 bits per heavy atom. The molecule has 0 fully saturated rings. The number of ether oxygens (including phenoxy) is 2. The maximum Gasteiger partial charge on any atom is 0.416 e. The first-order valence-corrected chi connectivity index (χ1v) is 11.4. The molecular formula is C28H28F3N2O2+. The second-order valence-electron chi connectivity index (χ2n) is 9.82. The van der Waals surface area contributed by atoms with Gasteiger partial charge < -0.3 is 14.8 Å². The van der Waals surface area contributed by atoms with Gasteiger partial charge in [-0.2, -0.15) is 13.2 Å². The van der Waals surface area contributed by atoms with E-state index >= 15 is 0 Å². The van der Waals surface area contributed by atoms with Gasteiger partial charge in [0.1, 0.15) is 18.0 Å². The molecule has 182 valence electrons. The number of alkyl halides is 3. The van der Waals surface area contributed by atoms with Crippen molar-refractivity contribution in [1.82, 2.24) is 4.48 Å². The summed E-state index contributed by atoms with van der Waals surface area (Å²) in [5.74, 6) is 1.17. The molecule has 2 heterocycles. The molecule has 2 aliphatic rings. The highest BCUT2D eigenvalue weighted by molar-refractivity contribution is 5.95. The van der Waals surface area contributed by atoms with Crippen LogP contribution in [-0.2, 0) is 12.7 Å². The lowest BCUT2D eigenvalue weighted by Crippen LogP contribution is -2.42. The summed E-state index contributed by atoms with van der Waals surface area (Å²) >= 11 is 0. The van der Waals surface area contributed by atoms with Crippen LogP contribution in [0.25, 0.3) is 16.8 Å². The van der Waals surface area contributed by atoms with E-state index in [1.54, 1.807) is 7.11 Å². The number of hydrogen-bond donors (Lipinski definition) is 1. The van der Waals surface area contributed by atoms with Crippen molar-refractivity contribution < 1.29 is 22.6 Å². The van der Waals surface area contributed by atoms with Gasteiger partial charge in [0.15, 0.2) is 11.4 Å². The molecule has 2 aliphatic heterocycles. The quantitative estimate of drug-likeness (QED) is 0.404. The third-order valence-corrected chi connectivity index (χ3v) is 6.96. The zero-order valence-corrected chi connectivity index (χ0v) is 20.4. The highest BCUT2D eigenvalue weighted by Crippen LogP contribution is 2.54. The average molecular weight is 482 g/mol. The molecule has 0 saturated heterocycles. The van der Waals surface area contributed by atoms with Gasteiger partial charge in [-0.3, -0.25) is 4.48 Å². The van der Waals surface area contributed by atoms with Gasteiger partial charge in [-0.15, -0.1) is 0 Å². The summed E-state index contributed by atoms with van der Waals surface area (Å²) in [6.07, 6.45) is -2.24. The van der Waals surface area contributed by atoms with Crippen LogP contribution in [0.3, 0.4) is 0 Å². The van der Waals surface area contributed by atoms with Gasteiger partial charge in [0.05, 0.1) is 37.9 Å². The standard InChI is InChI=1S/C28H28F3N2O2/c1-27(2)15-23-26-20(16-33(23,3)22-8-6-7-9-25(22)35-5)18(11-12-21(26)32-27)19-14-17(28(29,30)31)10-13-24(19)34-4/h6-15,32H,16H2,1-5H3/q+1. The number of halogens is 3. The van der Waals surface area contributed by atoms with Crippen molar-refractivity contribution in [2.45, 2.75) is 32.1 Å². The van der Waals surface area contributed by atoms with Gasteiger partial charge in [-0.05, 0) is 49.7 Å². The maximum absolute atomic E-state index is 13.6. The summed E-state index contributed by atoms with van der Waals surface area (Å²) in [4.78, 5) is 0. The Morgan fingerprint density at radius 2 is 1.63 bits per heavy atom. The molecule has 4 nitrogen and oxygen atoms in total. The molecule has 0 saturated carbocycles. The molecular weight excluding hydrogens is 453 g/mol. The Bertz CT molecular complexity index is 1360. The van der Waals surface area contributed by atoms with Gasteiger partial charge in [0, 0.05) is 29.0 Å². The highest BCUT2D eigenvalue weighted by Gasteiger charge is 2.48. The number of para-hydroxylation sites is 2. The Hall–Kier alpha value is -3.45. The molecule has 1 unspecified atom stereocenters. The van der Waals surface area contributed by atoms with Gasteiger partial charge in [-0.1, -0.05) is 18.2 Å². The number of nitrogens with zero attached hydrogens (tertiary/aromatic N) is 1. The van der Waals surface area contributed by atoms with Crippen molar-refractivity contribution in [3.05, 3.63) is 77.4 Å². The lowest BCUT2D eigenvalue weighted by atomic mass is 9.89. The summed E-state index contributed by atoms with van der Waals surface area (Å²) in [6.45, 7) is 4.77. The van der Waals surface area contributed by atoms with Crippen molar-refractivity contribution in [3.63, 3.8) is 0 Å². The Labute approximate surface area is 203 Å². The zero-order valence-electron chi connectivity index (χ0n) is 20.4. The number of methoxy groups -OCH3 is 2. The van der Waals surface area contributed by atoms with Crippen molar-refractivity contribution in [2.24, 2.45) is 0 Å². The summed E-state index contributed by atoms with van der Waals surface area (Å²) in [5.41, 5.74) is 5.20. The lowest BCUT2D eigenvalue weighted by molar-refractivity contribution is -0.137. The molecule has 1 atom stereocenters. The predicted octanol–water partition coefficient (Wildman–Crippen LogP) is 7.09. The van der Waals surface area contributed by atoms with Crippen LogP contribution in [0, 0.1) is 0 Å². The van der Waals surface area contributed by atoms with Crippen molar-refractivity contribution in [1.29, 1.82) is 0 Å². The van der Waals surface area contributed by atoms with Crippen LogP contribution in [0.5, 0.6) is 11.5 Å². The SMILES string of the molecule is COc1ccc(C(F)(F)F)cc1-c1ccc2c3c1C[N+](C)(c1ccccc1OC)C3=CC(C)(C)N2. The Morgan fingerprint density at radius 3 is 2.31 bits per heavy atom. The van der Waals surface area contributed by atoms with Gasteiger partial charge in [-0.25, -0.2) is 0 Å². The largest absolute Gasteiger partial charge is 0.496 e. The number of hydrogen-bond acceptors (Lipinski definition) is 3. The zero-order chi connectivity index (χ0) is 25.2. The molecule has 7 heteroatoms. The minimum atomic E-state index is -4.45. The monoisotopic (exact) mass is 481 g/mol. The smallest absolute Gasteiger partial charge is 0.416 e. The third kappa shape index (κ3) is 3.65. The number of rotatable bonds is 4. The first kappa shape index (κ1) is 23.3. The normalized spacial score (nSPS) is 20.1. The fourth-order valence-corrected chi connectivity index (χ4v) is 5.40. The highest BCUT2D eigenvalue weighted by atomic mass is 19.4. The van der Waals surface area contributed by atoms with Crippen LogP contribution in [-0.4, -0.2) is 26.8 Å². The number of nitrogens with one attached hydrogen (secondary N) is 1. The van der Waals surface area contributed by atoms with Crippen molar-refractivity contribution in [2.75, 3.05) is 26.6 Å². The minimum absolute atomic E-state index is 0.305. The third-order valence-electron chi connectivity index (χ3n) is 6.96. The second kappa shape index (κ2) is 7.78. The van der Waals surface area contributed by atoms with E-state index in [0.717, 1.165) is 45.6 Å². The molecule has 3 aromatic rings. The van der Waals surface area contributed by atoms with E-state index in [2.05, 4.69) is 32.3 Å². The molecule has 0 bridgehead atoms. The van der Waals surface area contributed by atoms with Crippen LogP contribution in [0.1, 0.15) is 30.5 Å². The molecule has 0 amide bonds.